The fourth-order valence-electron chi connectivity index (χ4n) is 9.35. The van der Waals surface area contributed by atoms with Gasteiger partial charge in [-0.3, -0.25) is 14.4 Å². The molecular formula is C61H118O6. The minimum absolute atomic E-state index is 0.0634. The maximum absolute atomic E-state index is 12.9. The molecule has 0 saturated carbocycles. The number of hydrogen-bond acceptors (Lipinski definition) is 6. The minimum Gasteiger partial charge on any atom is -0.462 e. The van der Waals surface area contributed by atoms with E-state index >= 15 is 0 Å². The van der Waals surface area contributed by atoms with Gasteiger partial charge in [0.15, 0.2) is 6.10 Å². The van der Waals surface area contributed by atoms with E-state index in [2.05, 4.69) is 41.5 Å². The van der Waals surface area contributed by atoms with E-state index in [-0.39, 0.29) is 31.1 Å². The molecule has 0 aromatic heterocycles. The van der Waals surface area contributed by atoms with Gasteiger partial charge < -0.3 is 14.2 Å². The van der Waals surface area contributed by atoms with Crippen molar-refractivity contribution in [3.05, 3.63) is 0 Å². The van der Waals surface area contributed by atoms with E-state index in [4.69, 9.17) is 14.2 Å². The van der Waals surface area contributed by atoms with Crippen molar-refractivity contribution < 1.29 is 28.6 Å². The number of rotatable bonds is 54. The van der Waals surface area contributed by atoms with E-state index in [9.17, 15) is 14.4 Å². The Morgan fingerprint density at radius 1 is 0.254 bits per heavy atom. The molecule has 1 atom stereocenters. The Morgan fingerprint density at radius 2 is 0.433 bits per heavy atom. The zero-order valence-corrected chi connectivity index (χ0v) is 46.2. The molecule has 0 aromatic carbocycles. The van der Waals surface area contributed by atoms with Crippen molar-refractivity contribution >= 4 is 17.9 Å². The molecule has 0 rings (SSSR count). The summed E-state index contributed by atoms with van der Waals surface area (Å²) in [5.74, 6) is 1.66. The molecule has 0 heterocycles. The zero-order valence-electron chi connectivity index (χ0n) is 46.2. The second kappa shape index (κ2) is 52.2. The molecule has 6 heteroatoms. The molecule has 0 saturated heterocycles. The Bertz CT molecular complexity index is 1040. The molecule has 0 amide bonds. The fraction of sp³-hybridized carbons (Fsp3) is 0.951. The normalized spacial score (nSPS) is 12.1. The van der Waals surface area contributed by atoms with Crippen LogP contribution in [0.5, 0.6) is 0 Å². The first kappa shape index (κ1) is 65.4. The van der Waals surface area contributed by atoms with Gasteiger partial charge in [-0.2, -0.15) is 0 Å². The minimum atomic E-state index is -0.764. The lowest BCUT2D eigenvalue weighted by Crippen LogP contribution is -2.30. The average molecular weight is 948 g/mol. The quantitative estimate of drug-likeness (QED) is 0.0343. The summed E-state index contributed by atoms with van der Waals surface area (Å²) in [7, 11) is 0. The third-order valence-corrected chi connectivity index (χ3v) is 13.9. The van der Waals surface area contributed by atoms with E-state index in [1.165, 1.54) is 218 Å². The van der Waals surface area contributed by atoms with Crippen molar-refractivity contribution in [2.24, 2.45) is 17.8 Å². The Balaban J connectivity index is 4.25. The van der Waals surface area contributed by atoms with Crippen LogP contribution in [-0.2, 0) is 28.6 Å². The van der Waals surface area contributed by atoms with Gasteiger partial charge in [0.05, 0.1) is 0 Å². The highest BCUT2D eigenvalue weighted by molar-refractivity contribution is 5.71. The topological polar surface area (TPSA) is 78.9 Å². The molecule has 0 unspecified atom stereocenters. The second-order valence-corrected chi connectivity index (χ2v) is 22.4. The van der Waals surface area contributed by atoms with Crippen LogP contribution >= 0.6 is 0 Å². The summed E-state index contributed by atoms with van der Waals surface area (Å²) in [4.78, 5) is 38.2. The molecule has 0 aromatic rings. The molecular weight excluding hydrogens is 829 g/mol. The van der Waals surface area contributed by atoms with E-state index in [0.717, 1.165) is 75.5 Å². The van der Waals surface area contributed by atoms with E-state index in [1.54, 1.807) is 0 Å². The van der Waals surface area contributed by atoms with Crippen molar-refractivity contribution in [3.8, 4) is 0 Å². The summed E-state index contributed by atoms with van der Waals surface area (Å²) in [6.45, 7) is 13.8. The van der Waals surface area contributed by atoms with Crippen molar-refractivity contribution in [1.82, 2.24) is 0 Å². The lowest BCUT2D eigenvalue weighted by atomic mass is 10.0. The van der Waals surface area contributed by atoms with Gasteiger partial charge in [0.2, 0.25) is 0 Å². The van der Waals surface area contributed by atoms with E-state index in [1.807, 2.05) is 0 Å². The van der Waals surface area contributed by atoms with Gasteiger partial charge >= 0.3 is 17.9 Å². The first-order valence-corrected chi connectivity index (χ1v) is 30.1. The number of ether oxygens (including phenoxy) is 3. The van der Waals surface area contributed by atoms with Crippen LogP contribution < -0.4 is 0 Å². The van der Waals surface area contributed by atoms with Crippen molar-refractivity contribution in [3.63, 3.8) is 0 Å². The number of carbonyl (C=O) groups is 3. The molecule has 0 fully saturated rings. The predicted molar refractivity (Wildman–Crippen MR) is 289 cm³/mol. The summed E-state index contributed by atoms with van der Waals surface area (Å²) >= 11 is 0. The van der Waals surface area contributed by atoms with Gasteiger partial charge in [0.25, 0.3) is 0 Å². The molecule has 0 radical (unpaired) electrons. The first-order valence-electron chi connectivity index (χ1n) is 30.1. The van der Waals surface area contributed by atoms with Gasteiger partial charge in [0, 0.05) is 19.3 Å². The Labute approximate surface area is 418 Å². The third-order valence-electron chi connectivity index (χ3n) is 13.9. The summed E-state index contributed by atoms with van der Waals surface area (Å²) in [6, 6.07) is 0. The van der Waals surface area contributed by atoms with Gasteiger partial charge in [-0.05, 0) is 37.0 Å². The molecule has 67 heavy (non-hydrogen) atoms. The van der Waals surface area contributed by atoms with Crippen LogP contribution in [0.2, 0.25) is 0 Å². The van der Waals surface area contributed by atoms with Crippen LogP contribution in [0.15, 0.2) is 0 Å². The SMILES string of the molecule is CC(C)CCCCCCCCCCCCCCCCCCCCC(=O)O[C@H](COC(=O)CCCCCCCCCCCCCCCC(C)C)COC(=O)CCCCCCCCCCCC(C)C. The summed E-state index contributed by atoms with van der Waals surface area (Å²) in [5, 5.41) is 0. The van der Waals surface area contributed by atoms with Crippen LogP contribution in [0.25, 0.3) is 0 Å². The first-order chi connectivity index (χ1) is 32.6. The van der Waals surface area contributed by atoms with Crippen LogP contribution in [0.3, 0.4) is 0 Å². The van der Waals surface area contributed by atoms with Crippen LogP contribution in [-0.4, -0.2) is 37.2 Å². The molecule has 0 spiro atoms. The standard InChI is InChI=1S/C61H118O6/c1-55(2)47-41-35-29-23-18-14-11-9-7-8-10-12-16-21-27-34-40-46-52-61(64)67-58(54-66-60(63)51-45-39-33-28-22-25-31-37-43-49-57(5)6)53-65-59(62)50-44-38-32-26-20-17-13-15-19-24-30-36-42-48-56(3)4/h55-58H,7-54H2,1-6H3/t58-/m1/s1. The predicted octanol–water partition coefficient (Wildman–Crippen LogP) is 19.9. The molecule has 0 aliphatic heterocycles. The lowest BCUT2D eigenvalue weighted by Gasteiger charge is -2.18. The van der Waals surface area contributed by atoms with Crippen LogP contribution in [0, 0.1) is 17.8 Å². The number of esters is 3. The molecule has 6 nitrogen and oxygen atoms in total. The summed E-state index contributed by atoms with van der Waals surface area (Å²) < 4.78 is 16.9. The lowest BCUT2D eigenvalue weighted by molar-refractivity contribution is -0.167. The smallest absolute Gasteiger partial charge is 0.306 e. The third kappa shape index (κ3) is 55.2. The Morgan fingerprint density at radius 3 is 0.642 bits per heavy atom. The largest absolute Gasteiger partial charge is 0.462 e. The zero-order chi connectivity index (χ0) is 49.1. The Kier molecular flexibility index (Phi) is 51.0. The second-order valence-electron chi connectivity index (χ2n) is 22.4. The van der Waals surface area contributed by atoms with Gasteiger partial charge in [-0.25, -0.2) is 0 Å². The Hall–Kier alpha value is -1.59. The number of carbonyl (C=O) groups excluding carboxylic acids is 3. The maximum atomic E-state index is 12.9. The molecule has 398 valence electrons. The van der Waals surface area contributed by atoms with E-state index < -0.39 is 6.10 Å². The van der Waals surface area contributed by atoms with Crippen molar-refractivity contribution in [2.45, 2.75) is 343 Å². The highest BCUT2D eigenvalue weighted by atomic mass is 16.6. The summed E-state index contributed by atoms with van der Waals surface area (Å²) in [6.07, 6.45) is 55.3. The number of hydrogen-bond donors (Lipinski definition) is 0. The summed E-state index contributed by atoms with van der Waals surface area (Å²) in [5.41, 5.74) is 0. The fourth-order valence-corrected chi connectivity index (χ4v) is 9.35. The molecule has 0 N–H and O–H groups in total. The highest BCUT2D eigenvalue weighted by Gasteiger charge is 2.19. The van der Waals surface area contributed by atoms with Gasteiger partial charge in [0.1, 0.15) is 13.2 Å². The highest BCUT2D eigenvalue weighted by Crippen LogP contribution is 2.19. The van der Waals surface area contributed by atoms with E-state index in [0.29, 0.717) is 19.3 Å². The van der Waals surface area contributed by atoms with Gasteiger partial charge in [-0.1, -0.05) is 298 Å². The van der Waals surface area contributed by atoms with Crippen LogP contribution in [0.1, 0.15) is 337 Å². The van der Waals surface area contributed by atoms with Gasteiger partial charge in [-0.15, -0.1) is 0 Å². The van der Waals surface area contributed by atoms with Crippen molar-refractivity contribution in [2.75, 3.05) is 13.2 Å². The molecule has 0 aliphatic carbocycles. The molecule has 0 aliphatic rings. The maximum Gasteiger partial charge on any atom is 0.306 e. The van der Waals surface area contributed by atoms with Crippen molar-refractivity contribution in [1.29, 1.82) is 0 Å². The molecule has 0 bridgehead atoms. The average Bonchev–Trinajstić information content (AvgIpc) is 3.29. The number of unbranched alkanes of at least 4 members (excludes halogenated alkanes) is 37. The monoisotopic (exact) mass is 947 g/mol. The van der Waals surface area contributed by atoms with Crippen LogP contribution in [0.4, 0.5) is 0 Å².